The maximum Gasteiger partial charge on any atom is 0.418 e. The topological polar surface area (TPSA) is 171 Å². The Balaban J connectivity index is 1.54. The molecule has 2 aliphatic rings. The molecule has 0 radical (unpaired) electrons. The lowest BCUT2D eigenvalue weighted by atomic mass is 10.0. The van der Waals surface area contributed by atoms with E-state index < -0.39 is 40.3 Å². The summed E-state index contributed by atoms with van der Waals surface area (Å²) in [7, 11) is -4.86. The quantitative estimate of drug-likeness (QED) is 0.269. The standard InChI is InChI=1S/C15H19N5O7S/c16-10-3-1-9(2-4-10)7-13(21)17-18-14(22)12-6-5-11-8-19(12)15(23)20(11)27-28(24,25)26/h1-4,11-12H,5-8,16H2,(H,17,21)(H,18,22)(H,24,25,26)/t11-,12+/m1/s1. The number of nitrogens with two attached hydrogens (primary N) is 1. The summed E-state index contributed by atoms with van der Waals surface area (Å²) in [5, 5.41) is 0.544. The van der Waals surface area contributed by atoms with Gasteiger partial charge in [0.2, 0.25) is 5.91 Å². The number of nitrogen functional groups attached to an aromatic ring is 1. The molecule has 28 heavy (non-hydrogen) atoms. The molecular weight excluding hydrogens is 394 g/mol. The molecule has 5 N–H and O–H groups in total. The SMILES string of the molecule is Nc1ccc(CC(=O)NNC(=O)[C@@H]2CC[C@@H]3CN2C(=O)N3OS(=O)(=O)O)cc1. The second-order valence-corrected chi connectivity index (χ2v) is 7.47. The Morgan fingerprint density at radius 1 is 1.21 bits per heavy atom. The molecule has 13 heteroatoms. The minimum atomic E-state index is -4.86. The molecule has 2 heterocycles. The number of rotatable bonds is 5. The fraction of sp³-hybridized carbons (Fsp3) is 0.400. The molecule has 2 atom stereocenters. The highest BCUT2D eigenvalue weighted by atomic mass is 32.3. The van der Waals surface area contributed by atoms with Gasteiger partial charge in [-0.3, -0.25) is 25.0 Å². The maximum atomic E-state index is 12.4. The summed E-state index contributed by atoms with van der Waals surface area (Å²) < 4.78 is 34.8. The molecule has 0 aromatic heterocycles. The summed E-state index contributed by atoms with van der Waals surface area (Å²) in [6.45, 7) is 0.0613. The van der Waals surface area contributed by atoms with E-state index in [1.165, 1.54) is 0 Å². The number of hydrogen-bond donors (Lipinski definition) is 4. The van der Waals surface area contributed by atoms with Crippen molar-refractivity contribution in [1.29, 1.82) is 0 Å². The van der Waals surface area contributed by atoms with E-state index in [1.54, 1.807) is 24.3 Å². The van der Waals surface area contributed by atoms with Crippen LogP contribution in [0.2, 0.25) is 0 Å². The van der Waals surface area contributed by atoms with Gasteiger partial charge in [-0.15, -0.1) is 4.28 Å². The number of fused-ring (bicyclic) bond motifs is 2. The predicted octanol–water partition coefficient (Wildman–Crippen LogP) is -1.04. The van der Waals surface area contributed by atoms with E-state index in [-0.39, 0.29) is 25.8 Å². The summed E-state index contributed by atoms with van der Waals surface area (Å²) in [5.74, 6) is -1.08. The van der Waals surface area contributed by atoms with Gasteiger partial charge in [0, 0.05) is 12.2 Å². The Kier molecular flexibility index (Phi) is 5.40. The smallest absolute Gasteiger partial charge is 0.399 e. The van der Waals surface area contributed by atoms with Gasteiger partial charge in [0.25, 0.3) is 5.91 Å². The Morgan fingerprint density at radius 3 is 2.54 bits per heavy atom. The number of urea groups is 1. The van der Waals surface area contributed by atoms with Gasteiger partial charge in [-0.25, -0.2) is 4.79 Å². The van der Waals surface area contributed by atoms with Crippen LogP contribution < -0.4 is 16.6 Å². The minimum absolute atomic E-state index is 0.0198. The van der Waals surface area contributed by atoms with E-state index in [4.69, 9.17) is 10.3 Å². The van der Waals surface area contributed by atoms with Crippen LogP contribution in [0.25, 0.3) is 0 Å². The van der Waals surface area contributed by atoms with Gasteiger partial charge in [0.1, 0.15) is 6.04 Å². The van der Waals surface area contributed by atoms with E-state index in [1.807, 2.05) is 0 Å². The van der Waals surface area contributed by atoms with Crippen LogP contribution in [0.3, 0.4) is 0 Å². The molecule has 2 fully saturated rings. The predicted molar refractivity (Wildman–Crippen MR) is 94.2 cm³/mol. The Bertz CT molecular complexity index is 889. The lowest BCUT2D eigenvalue weighted by Crippen LogP contribution is -2.54. The van der Waals surface area contributed by atoms with E-state index in [2.05, 4.69) is 15.1 Å². The van der Waals surface area contributed by atoms with Crippen molar-refractivity contribution >= 4 is 33.9 Å². The van der Waals surface area contributed by atoms with Crippen molar-refractivity contribution in [2.45, 2.75) is 31.3 Å². The number of hydrogen-bond acceptors (Lipinski definition) is 7. The molecule has 12 nitrogen and oxygen atoms in total. The van der Waals surface area contributed by atoms with Gasteiger partial charge in [-0.2, -0.15) is 13.5 Å². The van der Waals surface area contributed by atoms with Crippen LogP contribution in [0, 0.1) is 0 Å². The van der Waals surface area contributed by atoms with Crippen LogP contribution in [0.15, 0.2) is 24.3 Å². The van der Waals surface area contributed by atoms with E-state index >= 15 is 0 Å². The summed E-state index contributed by atoms with van der Waals surface area (Å²) >= 11 is 0. The Hall–Kier alpha value is -2.90. The van der Waals surface area contributed by atoms with Crippen LogP contribution in [-0.4, -0.2) is 59.4 Å². The van der Waals surface area contributed by atoms with Crippen molar-refractivity contribution in [2.75, 3.05) is 12.3 Å². The molecule has 0 unspecified atom stereocenters. The van der Waals surface area contributed by atoms with Crippen LogP contribution in [0.1, 0.15) is 18.4 Å². The van der Waals surface area contributed by atoms with Crippen LogP contribution >= 0.6 is 0 Å². The third-order valence-electron chi connectivity index (χ3n) is 4.47. The third kappa shape index (κ3) is 4.49. The number of nitrogens with one attached hydrogen (secondary N) is 2. The van der Waals surface area contributed by atoms with Gasteiger partial charge < -0.3 is 10.6 Å². The van der Waals surface area contributed by atoms with Crippen LogP contribution in [-0.2, 0) is 30.7 Å². The number of carbonyl (C=O) groups is 3. The Labute approximate surface area is 160 Å². The molecule has 152 valence electrons. The van der Waals surface area contributed by atoms with Gasteiger partial charge in [-0.05, 0) is 30.5 Å². The molecule has 0 spiro atoms. The van der Waals surface area contributed by atoms with Crippen LogP contribution in [0.4, 0.5) is 10.5 Å². The molecule has 2 saturated heterocycles. The molecule has 0 saturated carbocycles. The van der Waals surface area contributed by atoms with Crippen molar-refractivity contribution < 1.29 is 31.6 Å². The van der Waals surface area contributed by atoms with Crippen molar-refractivity contribution in [1.82, 2.24) is 20.8 Å². The number of hydrazine groups is 1. The first-order valence-corrected chi connectivity index (χ1v) is 9.70. The van der Waals surface area contributed by atoms with Crippen molar-refractivity contribution in [3.05, 3.63) is 29.8 Å². The number of anilines is 1. The molecule has 1 aromatic carbocycles. The third-order valence-corrected chi connectivity index (χ3v) is 4.82. The zero-order chi connectivity index (χ0) is 20.5. The van der Waals surface area contributed by atoms with Crippen molar-refractivity contribution in [3.8, 4) is 0 Å². The Morgan fingerprint density at radius 2 is 1.89 bits per heavy atom. The highest BCUT2D eigenvalue weighted by molar-refractivity contribution is 7.80. The van der Waals surface area contributed by atoms with Crippen molar-refractivity contribution in [3.63, 3.8) is 0 Å². The fourth-order valence-corrected chi connectivity index (χ4v) is 3.57. The highest BCUT2D eigenvalue weighted by Gasteiger charge is 2.49. The molecule has 2 aliphatic heterocycles. The largest absolute Gasteiger partial charge is 0.418 e. The molecule has 0 aliphatic carbocycles. The number of carbonyl (C=O) groups excluding carboxylic acids is 3. The first-order valence-electron chi connectivity index (χ1n) is 8.34. The summed E-state index contributed by atoms with van der Waals surface area (Å²) in [5.41, 5.74) is 11.4. The van der Waals surface area contributed by atoms with Gasteiger partial charge in [0.05, 0.1) is 12.5 Å². The molecule has 1 aromatic rings. The average Bonchev–Trinajstić information content (AvgIpc) is 2.85. The maximum absolute atomic E-state index is 12.4. The normalized spacial score (nSPS) is 21.5. The van der Waals surface area contributed by atoms with Gasteiger partial charge in [0.15, 0.2) is 0 Å². The van der Waals surface area contributed by atoms with E-state index in [0.29, 0.717) is 16.3 Å². The first kappa shape index (κ1) is 19.9. The fourth-order valence-electron chi connectivity index (χ4n) is 3.18. The molecule has 3 rings (SSSR count). The summed E-state index contributed by atoms with van der Waals surface area (Å²) in [6.07, 6.45) is 0.544. The number of benzene rings is 1. The second kappa shape index (κ2) is 7.61. The zero-order valence-corrected chi connectivity index (χ0v) is 15.4. The summed E-state index contributed by atoms with van der Waals surface area (Å²) in [6, 6.07) is 4.32. The van der Waals surface area contributed by atoms with Crippen molar-refractivity contribution in [2.24, 2.45) is 0 Å². The number of piperidine rings is 1. The highest BCUT2D eigenvalue weighted by Crippen LogP contribution is 2.30. The monoisotopic (exact) mass is 413 g/mol. The number of amides is 4. The van der Waals surface area contributed by atoms with E-state index in [0.717, 1.165) is 4.90 Å². The van der Waals surface area contributed by atoms with E-state index in [9.17, 15) is 22.8 Å². The minimum Gasteiger partial charge on any atom is -0.399 e. The average molecular weight is 413 g/mol. The molecular formula is C15H19N5O7S. The number of nitrogens with zero attached hydrogens (tertiary/aromatic N) is 2. The summed E-state index contributed by atoms with van der Waals surface area (Å²) in [4.78, 5) is 37.7. The zero-order valence-electron chi connectivity index (χ0n) is 14.6. The second-order valence-electron chi connectivity index (χ2n) is 6.47. The van der Waals surface area contributed by atoms with Gasteiger partial charge in [-0.1, -0.05) is 12.1 Å². The lowest BCUT2D eigenvalue weighted by molar-refractivity contribution is -0.131. The lowest BCUT2D eigenvalue weighted by Gasteiger charge is -2.29. The number of hydroxylamine groups is 2. The van der Waals surface area contributed by atoms with Crippen LogP contribution in [0.5, 0.6) is 0 Å². The first-order chi connectivity index (χ1) is 13.1. The molecule has 2 bridgehead atoms. The van der Waals surface area contributed by atoms with Gasteiger partial charge >= 0.3 is 16.4 Å². The molecule has 4 amide bonds.